The largest absolute Gasteiger partial charge is 0.481 e. The zero-order valence-electron chi connectivity index (χ0n) is 14.4. The molecule has 0 radical (unpaired) electrons. The maximum absolute atomic E-state index is 13.0. The molecule has 2 aliphatic heterocycles. The van der Waals surface area contributed by atoms with Crippen LogP contribution in [0.3, 0.4) is 0 Å². The van der Waals surface area contributed by atoms with Gasteiger partial charge in [-0.3, -0.25) is 19.4 Å². The fourth-order valence-corrected chi connectivity index (χ4v) is 4.28. The lowest BCUT2D eigenvalue weighted by Gasteiger charge is -2.27. The molecule has 2 atom stereocenters. The van der Waals surface area contributed by atoms with Crippen LogP contribution < -0.4 is 0 Å². The van der Waals surface area contributed by atoms with E-state index in [1.807, 2.05) is 6.26 Å². The quantitative estimate of drug-likeness (QED) is 0.724. The number of carbonyl (C=O) groups is 3. The lowest BCUT2D eigenvalue weighted by Crippen LogP contribution is -2.40. The number of aromatic nitrogens is 1. The fraction of sp³-hybridized carbons (Fsp3) is 0.444. The zero-order valence-corrected chi connectivity index (χ0v) is 15.2. The first-order valence-corrected chi connectivity index (χ1v) is 9.66. The van der Waals surface area contributed by atoms with Crippen molar-refractivity contribution in [3.8, 4) is 0 Å². The molecule has 1 aromatic heterocycles. The molecule has 1 N–H and O–H groups in total. The van der Waals surface area contributed by atoms with E-state index in [0.717, 1.165) is 12.8 Å². The van der Waals surface area contributed by atoms with Gasteiger partial charge in [0.2, 0.25) is 0 Å². The van der Waals surface area contributed by atoms with E-state index in [-0.39, 0.29) is 28.9 Å². The Morgan fingerprint density at radius 2 is 2.12 bits per heavy atom. The summed E-state index contributed by atoms with van der Waals surface area (Å²) < 4.78 is 5.62. The minimum absolute atomic E-state index is 0.0664. The van der Waals surface area contributed by atoms with Gasteiger partial charge >= 0.3 is 5.97 Å². The van der Waals surface area contributed by atoms with Gasteiger partial charge in [-0.1, -0.05) is 0 Å². The summed E-state index contributed by atoms with van der Waals surface area (Å²) in [5.74, 6) is -1.85. The van der Waals surface area contributed by atoms with Crippen molar-refractivity contribution in [2.45, 2.75) is 30.7 Å². The van der Waals surface area contributed by atoms with Gasteiger partial charge in [-0.05, 0) is 31.2 Å². The van der Waals surface area contributed by atoms with Crippen LogP contribution in [-0.2, 0) is 14.3 Å². The predicted molar refractivity (Wildman–Crippen MR) is 95.8 cm³/mol. The second kappa shape index (κ2) is 8.01. The highest BCUT2D eigenvalue weighted by atomic mass is 32.2. The van der Waals surface area contributed by atoms with Crippen LogP contribution in [0.25, 0.3) is 0 Å². The Morgan fingerprint density at radius 1 is 1.38 bits per heavy atom. The smallest absolute Gasteiger partial charge is 0.308 e. The number of carbonyl (C=O) groups excluding carboxylic acids is 2. The lowest BCUT2D eigenvalue weighted by atomic mass is 9.99. The molecule has 1 saturated heterocycles. The number of amides is 1. The summed E-state index contributed by atoms with van der Waals surface area (Å²) in [6.45, 7) is 1.02. The number of thioether (sulfide) groups is 1. The standard InChI is InChI=1S/C18H20N2O5S/c1-26-18-15(16(23)11-4-6-19-7-5-11)13(9-14(21)22)17(24)20(18)10-12-3-2-8-25-12/h4-7,12,18H,2-3,8-10H2,1H3,(H,21,22)/t12-,18-/m1/s1. The number of rotatable bonds is 7. The molecule has 7 nitrogen and oxygen atoms in total. The number of nitrogens with zero attached hydrogens (tertiary/aromatic N) is 2. The summed E-state index contributed by atoms with van der Waals surface area (Å²) in [6, 6.07) is 3.14. The van der Waals surface area contributed by atoms with Gasteiger partial charge in [0.1, 0.15) is 5.37 Å². The minimum Gasteiger partial charge on any atom is -0.481 e. The van der Waals surface area contributed by atoms with E-state index in [0.29, 0.717) is 18.7 Å². The van der Waals surface area contributed by atoms with Gasteiger partial charge in [0, 0.05) is 42.3 Å². The summed E-state index contributed by atoms with van der Waals surface area (Å²) in [4.78, 5) is 42.7. The maximum Gasteiger partial charge on any atom is 0.308 e. The highest BCUT2D eigenvalue weighted by Gasteiger charge is 2.43. The van der Waals surface area contributed by atoms with Crippen LogP contribution in [0.5, 0.6) is 0 Å². The number of pyridine rings is 1. The summed E-state index contributed by atoms with van der Waals surface area (Å²) in [5, 5.41) is 8.72. The third-order valence-corrected chi connectivity index (χ3v) is 5.47. The number of ketones is 1. The van der Waals surface area contributed by atoms with Gasteiger partial charge in [-0.2, -0.15) is 0 Å². The first-order valence-electron chi connectivity index (χ1n) is 8.38. The Morgan fingerprint density at radius 3 is 2.69 bits per heavy atom. The minimum atomic E-state index is -1.13. The normalized spacial score (nSPS) is 23.0. The Balaban J connectivity index is 1.96. The summed E-state index contributed by atoms with van der Waals surface area (Å²) >= 11 is 1.35. The van der Waals surface area contributed by atoms with Crippen LogP contribution in [0.1, 0.15) is 29.6 Å². The van der Waals surface area contributed by atoms with Crippen molar-refractivity contribution < 1.29 is 24.2 Å². The van der Waals surface area contributed by atoms with Crippen molar-refractivity contribution in [2.24, 2.45) is 0 Å². The van der Waals surface area contributed by atoms with Crippen molar-refractivity contribution in [2.75, 3.05) is 19.4 Å². The van der Waals surface area contributed by atoms with E-state index in [1.54, 1.807) is 17.0 Å². The van der Waals surface area contributed by atoms with E-state index in [1.165, 1.54) is 24.2 Å². The Labute approximate surface area is 155 Å². The number of hydrogen-bond acceptors (Lipinski definition) is 6. The number of carboxylic acid groups (broad SMARTS) is 1. The third kappa shape index (κ3) is 3.66. The molecule has 1 amide bonds. The second-order valence-corrected chi connectivity index (χ2v) is 7.13. The average Bonchev–Trinajstić information content (AvgIpc) is 3.23. The molecule has 1 fully saturated rings. The fourth-order valence-electron chi connectivity index (χ4n) is 3.36. The predicted octanol–water partition coefficient (Wildman–Crippen LogP) is 1.75. The zero-order chi connectivity index (χ0) is 18.7. The molecule has 3 rings (SSSR count). The highest BCUT2D eigenvalue weighted by Crippen LogP contribution is 2.36. The average molecular weight is 376 g/mol. The Kier molecular flexibility index (Phi) is 5.73. The van der Waals surface area contributed by atoms with E-state index < -0.39 is 17.8 Å². The molecular weight excluding hydrogens is 356 g/mol. The van der Waals surface area contributed by atoms with Gasteiger partial charge in [0.25, 0.3) is 5.91 Å². The number of hydrogen-bond donors (Lipinski definition) is 1. The van der Waals surface area contributed by atoms with Crippen LogP contribution in [0, 0.1) is 0 Å². The van der Waals surface area contributed by atoms with E-state index >= 15 is 0 Å². The molecule has 8 heteroatoms. The molecular formula is C18H20N2O5S. The van der Waals surface area contributed by atoms with Crippen molar-refractivity contribution in [1.29, 1.82) is 0 Å². The van der Waals surface area contributed by atoms with Crippen molar-refractivity contribution >= 4 is 29.4 Å². The lowest BCUT2D eigenvalue weighted by molar-refractivity contribution is -0.137. The first-order chi connectivity index (χ1) is 12.5. The van der Waals surface area contributed by atoms with Crippen LogP contribution in [0.15, 0.2) is 35.7 Å². The molecule has 3 heterocycles. The molecule has 0 saturated carbocycles. The number of aliphatic carboxylic acids is 1. The van der Waals surface area contributed by atoms with E-state index in [9.17, 15) is 19.5 Å². The summed E-state index contributed by atoms with van der Waals surface area (Å²) in [6.07, 6.45) is 6.06. The van der Waals surface area contributed by atoms with Crippen LogP contribution in [0.2, 0.25) is 0 Å². The summed E-state index contributed by atoms with van der Waals surface area (Å²) in [5.41, 5.74) is 0.717. The molecule has 0 bridgehead atoms. The number of ether oxygens (including phenoxy) is 1. The van der Waals surface area contributed by atoms with Crippen molar-refractivity contribution in [1.82, 2.24) is 9.88 Å². The number of Topliss-reactive ketones (excluding diaryl/α,β-unsaturated/α-hetero) is 1. The SMILES string of the molecule is CS[C@@H]1C(C(=O)c2ccncc2)=C(CC(=O)O)C(=O)N1C[C@H]1CCCO1. The molecule has 0 aliphatic carbocycles. The van der Waals surface area contributed by atoms with Crippen LogP contribution in [-0.4, -0.2) is 63.5 Å². The molecule has 138 valence electrons. The topological polar surface area (TPSA) is 96.8 Å². The van der Waals surface area contributed by atoms with Gasteiger partial charge in [-0.25, -0.2) is 0 Å². The van der Waals surface area contributed by atoms with Gasteiger partial charge in [0.15, 0.2) is 5.78 Å². The van der Waals surface area contributed by atoms with Gasteiger partial charge < -0.3 is 14.7 Å². The molecule has 0 spiro atoms. The molecule has 2 aliphatic rings. The molecule has 0 aromatic carbocycles. The first kappa shape index (κ1) is 18.6. The van der Waals surface area contributed by atoms with Crippen LogP contribution >= 0.6 is 11.8 Å². The van der Waals surface area contributed by atoms with Crippen molar-refractivity contribution in [3.63, 3.8) is 0 Å². The van der Waals surface area contributed by atoms with Gasteiger partial charge in [0.05, 0.1) is 12.5 Å². The maximum atomic E-state index is 13.0. The molecule has 26 heavy (non-hydrogen) atoms. The molecule has 0 unspecified atom stereocenters. The van der Waals surface area contributed by atoms with E-state index in [4.69, 9.17) is 4.74 Å². The Hall–Kier alpha value is -2.19. The Bertz CT molecular complexity index is 743. The van der Waals surface area contributed by atoms with Gasteiger partial charge in [-0.15, -0.1) is 11.8 Å². The second-order valence-electron chi connectivity index (χ2n) is 6.21. The molecule has 1 aromatic rings. The highest BCUT2D eigenvalue weighted by molar-refractivity contribution is 7.99. The monoisotopic (exact) mass is 376 g/mol. The van der Waals surface area contributed by atoms with E-state index in [2.05, 4.69) is 4.98 Å². The van der Waals surface area contributed by atoms with Crippen LogP contribution in [0.4, 0.5) is 0 Å². The van der Waals surface area contributed by atoms with Crippen molar-refractivity contribution in [3.05, 3.63) is 41.2 Å². The third-order valence-electron chi connectivity index (χ3n) is 4.54. The summed E-state index contributed by atoms with van der Waals surface area (Å²) in [7, 11) is 0. The number of carboxylic acids is 1.